The van der Waals surface area contributed by atoms with Gasteiger partial charge < -0.3 is 14.9 Å². The molecule has 0 saturated heterocycles. The molecule has 1 amide bonds. The van der Waals surface area contributed by atoms with E-state index in [9.17, 15) is 14.7 Å². The summed E-state index contributed by atoms with van der Waals surface area (Å²) in [5.74, 6) is -1.18. The zero-order valence-corrected chi connectivity index (χ0v) is 12.1. The number of hydrogen-bond donors (Lipinski definition) is 2. The van der Waals surface area contributed by atoms with Crippen LogP contribution in [0.3, 0.4) is 0 Å². The van der Waals surface area contributed by atoms with Crippen LogP contribution in [0, 0.1) is 5.92 Å². The van der Waals surface area contributed by atoms with E-state index in [-0.39, 0.29) is 11.7 Å². The molecule has 114 valence electrons. The molecule has 1 heterocycles. The third-order valence-electron chi connectivity index (χ3n) is 4.65. The minimum absolute atomic E-state index is 0.174. The quantitative estimate of drug-likeness (QED) is 0.888. The number of nitrogens with one attached hydrogen (secondary N) is 1. The van der Waals surface area contributed by atoms with Gasteiger partial charge in [0.05, 0.1) is 17.2 Å². The largest absolute Gasteiger partial charge is 0.481 e. The van der Waals surface area contributed by atoms with E-state index < -0.39 is 17.4 Å². The first kappa shape index (κ1) is 14.1. The van der Waals surface area contributed by atoms with E-state index in [2.05, 4.69) is 10.5 Å². The lowest BCUT2D eigenvalue weighted by Crippen LogP contribution is -2.55. The Balaban J connectivity index is 1.73. The van der Waals surface area contributed by atoms with Crippen molar-refractivity contribution in [1.29, 1.82) is 0 Å². The van der Waals surface area contributed by atoms with Crippen molar-refractivity contribution in [2.75, 3.05) is 0 Å². The Kier molecular flexibility index (Phi) is 3.47. The number of rotatable bonds is 4. The molecule has 0 spiro atoms. The summed E-state index contributed by atoms with van der Waals surface area (Å²) in [5, 5.41) is 16.1. The Bertz CT molecular complexity index is 564. The molecule has 0 aliphatic heterocycles. The van der Waals surface area contributed by atoms with Crippen LogP contribution in [-0.4, -0.2) is 27.7 Å². The molecule has 1 aromatic heterocycles. The van der Waals surface area contributed by atoms with Crippen LogP contribution in [0.25, 0.3) is 0 Å². The van der Waals surface area contributed by atoms with Crippen LogP contribution in [0.15, 0.2) is 10.6 Å². The molecule has 0 bridgehead atoms. The second-order valence-electron chi connectivity index (χ2n) is 6.40. The molecule has 2 aliphatic rings. The Hall–Kier alpha value is -1.85. The van der Waals surface area contributed by atoms with Crippen LogP contribution < -0.4 is 5.32 Å². The maximum absolute atomic E-state index is 12.3. The summed E-state index contributed by atoms with van der Waals surface area (Å²) in [7, 11) is 0. The summed E-state index contributed by atoms with van der Waals surface area (Å²) >= 11 is 0. The molecule has 2 fully saturated rings. The van der Waals surface area contributed by atoms with Gasteiger partial charge in [0.1, 0.15) is 0 Å². The standard InChI is InChI=1S/C15H20N2O4/c1-15(7-3-2-4-10(15)14(19)20)16-13(18)12-8-11(17-21-12)9-5-6-9/h8-10H,2-7H2,1H3,(H,16,18)(H,19,20). The highest BCUT2D eigenvalue weighted by atomic mass is 16.5. The Labute approximate surface area is 122 Å². The number of carboxylic acid groups (broad SMARTS) is 1. The maximum Gasteiger partial charge on any atom is 0.308 e. The summed E-state index contributed by atoms with van der Waals surface area (Å²) in [4.78, 5) is 23.7. The monoisotopic (exact) mass is 292 g/mol. The average Bonchev–Trinajstić information content (AvgIpc) is 3.15. The van der Waals surface area contributed by atoms with Crippen LogP contribution in [0.2, 0.25) is 0 Å². The second kappa shape index (κ2) is 5.16. The molecule has 0 radical (unpaired) electrons. The molecule has 2 aliphatic carbocycles. The van der Waals surface area contributed by atoms with Crippen LogP contribution in [0.4, 0.5) is 0 Å². The molecule has 3 rings (SSSR count). The first-order valence-electron chi connectivity index (χ1n) is 7.51. The Morgan fingerprint density at radius 3 is 2.81 bits per heavy atom. The predicted molar refractivity (Wildman–Crippen MR) is 73.9 cm³/mol. The van der Waals surface area contributed by atoms with Crippen LogP contribution in [0.1, 0.15) is 67.6 Å². The molecule has 2 N–H and O–H groups in total. The topological polar surface area (TPSA) is 92.4 Å². The summed E-state index contributed by atoms with van der Waals surface area (Å²) in [6.45, 7) is 1.81. The zero-order chi connectivity index (χ0) is 15.0. The Morgan fingerprint density at radius 1 is 1.38 bits per heavy atom. The van der Waals surface area contributed by atoms with Gasteiger partial charge in [-0.25, -0.2) is 0 Å². The normalized spacial score (nSPS) is 29.1. The Morgan fingerprint density at radius 2 is 2.14 bits per heavy atom. The van der Waals surface area contributed by atoms with E-state index in [1.807, 2.05) is 0 Å². The minimum atomic E-state index is -0.853. The van der Waals surface area contributed by atoms with Gasteiger partial charge in [-0.05, 0) is 32.6 Å². The third-order valence-corrected chi connectivity index (χ3v) is 4.65. The predicted octanol–water partition coefficient (Wildman–Crippen LogP) is 2.32. The van der Waals surface area contributed by atoms with Crippen LogP contribution in [-0.2, 0) is 4.79 Å². The van der Waals surface area contributed by atoms with Crippen molar-refractivity contribution in [3.8, 4) is 0 Å². The first-order valence-corrected chi connectivity index (χ1v) is 7.51. The summed E-state index contributed by atoms with van der Waals surface area (Å²) < 4.78 is 5.10. The molecular weight excluding hydrogens is 272 g/mol. The van der Waals surface area contributed by atoms with Crippen molar-refractivity contribution in [1.82, 2.24) is 10.5 Å². The first-order chi connectivity index (χ1) is 9.99. The number of aliphatic carboxylic acids is 1. The van der Waals surface area contributed by atoms with Gasteiger partial charge in [-0.2, -0.15) is 0 Å². The number of amides is 1. The number of aromatic nitrogens is 1. The molecule has 6 nitrogen and oxygen atoms in total. The van der Waals surface area contributed by atoms with Crippen molar-refractivity contribution in [3.05, 3.63) is 17.5 Å². The van der Waals surface area contributed by atoms with E-state index in [0.29, 0.717) is 18.8 Å². The highest BCUT2D eigenvalue weighted by Crippen LogP contribution is 2.39. The van der Waals surface area contributed by atoms with Crippen molar-refractivity contribution in [2.45, 2.75) is 56.9 Å². The van der Waals surface area contributed by atoms with Crippen molar-refractivity contribution in [3.63, 3.8) is 0 Å². The number of hydrogen-bond acceptors (Lipinski definition) is 4. The number of nitrogens with zero attached hydrogens (tertiary/aromatic N) is 1. The molecule has 21 heavy (non-hydrogen) atoms. The molecule has 2 atom stereocenters. The summed E-state index contributed by atoms with van der Waals surface area (Å²) in [6, 6.07) is 1.68. The van der Waals surface area contributed by atoms with Gasteiger partial charge in [0, 0.05) is 12.0 Å². The summed E-state index contributed by atoms with van der Waals surface area (Å²) in [6.07, 6.45) is 5.24. The van der Waals surface area contributed by atoms with Crippen molar-refractivity contribution >= 4 is 11.9 Å². The molecule has 1 aromatic rings. The number of carbonyl (C=O) groups excluding carboxylic acids is 1. The van der Waals surface area contributed by atoms with Crippen molar-refractivity contribution < 1.29 is 19.2 Å². The SMILES string of the molecule is CC1(NC(=O)c2cc(C3CC3)no2)CCCCC1C(=O)O. The fraction of sp³-hybridized carbons (Fsp3) is 0.667. The smallest absolute Gasteiger partial charge is 0.308 e. The average molecular weight is 292 g/mol. The van der Waals surface area contributed by atoms with E-state index in [4.69, 9.17) is 4.52 Å². The van der Waals surface area contributed by atoms with Gasteiger partial charge in [0.2, 0.25) is 5.76 Å². The fourth-order valence-electron chi connectivity index (χ4n) is 3.17. The van der Waals surface area contributed by atoms with E-state index >= 15 is 0 Å². The maximum atomic E-state index is 12.3. The summed E-state index contributed by atoms with van der Waals surface area (Å²) in [5.41, 5.74) is 0.0944. The zero-order valence-electron chi connectivity index (χ0n) is 12.1. The van der Waals surface area contributed by atoms with Gasteiger partial charge in [-0.15, -0.1) is 0 Å². The molecule has 0 aromatic carbocycles. The molecular formula is C15H20N2O4. The lowest BCUT2D eigenvalue weighted by molar-refractivity contribution is -0.145. The van der Waals surface area contributed by atoms with E-state index in [0.717, 1.165) is 31.4 Å². The fourth-order valence-corrected chi connectivity index (χ4v) is 3.17. The van der Waals surface area contributed by atoms with Gasteiger partial charge >= 0.3 is 5.97 Å². The van der Waals surface area contributed by atoms with Gasteiger partial charge in [0.15, 0.2) is 0 Å². The molecule has 6 heteroatoms. The molecule has 2 unspecified atom stereocenters. The lowest BCUT2D eigenvalue weighted by Gasteiger charge is -2.39. The van der Waals surface area contributed by atoms with Gasteiger partial charge in [-0.1, -0.05) is 18.0 Å². The second-order valence-corrected chi connectivity index (χ2v) is 6.40. The minimum Gasteiger partial charge on any atom is -0.481 e. The van der Waals surface area contributed by atoms with Gasteiger partial charge in [0.25, 0.3) is 5.91 Å². The number of carbonyl (C=O) groups is 2. The van der Waals surface area contributed by atoms with Gasteiger partial charge in [-0.3, -0.25) is 9.59 Å². The van der Waals surface area contributed by atoms with E-state index in [1.165, 1.54) is 0 Å². The van der Waals surface area contributed by atoms with E-state index in [1.54, 1.807) is 13.0 Å². The highest BCUT2D eigenvalue weighted by Gasteiger charge is 2.42. The van der Waals surface area contributed by atoms with Crippen LogP contribution in [0.5, 0.6) is 0 Å². The number of carboxylic acids is 1. The van der Waals surface area contributed by atoms with Crippen LogP contribution >= 0.6 is 0 Å². The third kappa shape index (κ3) is 2.80. The highest BCUT2D eigenvalue weighted by molar-refractivity contribution is 5.92. The molecule has 2 saturated carbocycles. The lowest BCUT2D eigenvalue weighted by atomic mass is 9.74. The van der Waals surface area contributed by atoms with Crippen molar-refractivity contribution in [2.24, 2.45) is 5.92 Å².